The van der Waals surface area contributed by atoms with E-state index < -0.39 is 5.60 Å². The second kappa shape index (κ2) is 5.79. The van der Waals surface area contributed by atoms with Crippen molar-refractivity contribution in [1.29, 1.82) is 0 Å². The van der Waals surface area contributed by atoms with Gasteiger partial charge in [0.25, 0.3) is 0 Å². The molecule has 2 aromatic rings. The number of pyridine rings is 1. The average Bonchev–Trinajstić information content (AvgIpc) is 2.92. The number of anilines is 1. The van der Waals surface area contributed by atoms with E-state index in [0.717, 1.165) is 30.5 Å². The molecule has 0 spiro atoms. The number of carbonyl (C=O) groups excluding carboxylic acids is 1. The van der Waals surface area contributed by atoms with Crippen LogP contribution in [0, 0.1) is 0 Å². The topological polar surface area (TPSA) is 87.1 Å². The molecule has 1 aliphatic rings. The van der Waals surface area contributed by atoms with Crippen LogP contribution in [0.15, 0.2) is 29.9 Å². The zero-order valence-electron chi connectivity index (χ0n) is 11.4. The highest BCUT2D eigenvalue weighted by Gasteiger charge is 2.34. The van der Waals surface area contributed by atoms with Crippen molar-refractivity contribution in [3.8, 4) is 11.3 Å². The molecule has 0 aromatic carbocycles. The molecule has 3 N–H and O–H groups in total. The van der Waals surface area contributed by atoms with E-state index in [-0.39, 0.29) is 12.6 Å². The van der Waals surface area contributed by atoms with Crippen LogP contribution in [0.3, 0.4) is 0 Å². The summed E-state index contributed by atoms with van der Waals surface area (Å²) < 4.78 is 0. The lowest BCUT2D eigenvalue weighted by Gasteiger charge is -2.36. The monoisotopic (exact) mass is 304 g/mol. The average molecular weight is 304 g/mol. The summed E-state index contributed by atoms with van der Waals surface area (Å²) in [7, 11) is 0. The second-order valence-electron chi connectivity index (χ2n) is 5.17. The Morgan fingerprint density at radius 1 is 1.48 bits per heavy atom. The van der Waals surface area contributed by atoms with Crippen molar-refractivity contribution in [2.75, 3.05) is 11.9 Å². The highest BCUT2D eigenvalue weighted by Crippen LogP contribution is 2.30. The van der Waals surface area contributed by atoms with Gasteiger partial charge in [-0.3, -0.25) is 10.3 Å². The summed E-state index contributed by atoms with van der Waals surface area (Å²) in [5.74, 6) is 0. The second-order valence-corrected chi connectivity index (χ2v) is 6.02. The van der Waals surface area contributed by atoms with Crippen LogP contribution in [0.2, 0.25) is 0 Å². The molecule has 3 rings (SSSR count). The molecule has 0 aliphatic heterocycles. The van der Waals surface area contributed by atoms with Gasteiger partial charge in [0.1, 0.15) is 0 Å². The largest absolute Gasteiger partial charge is 0.388 e. The summed E-state index contributed by atoms with van der Waals surface area (Å²) in [6.07, 6.45) is 5.94. The molecule has 0 bridgehead atoms. The van der Waals surface area contributed by atoms with Gasteiger partial charge in [0, 0.05) is 29.9 Å². The van der Waals surface area contributed by atoms with Gasteiger partial charge in [0.2, 0.25) is 0 Å². The predicted molar refractivity (Wildman–Crippen MR) is 81.2 cm³/mol. The van der Waals surface area contributed by atoms with E-state index >= 15 is 0 Å². The zero-order valence-corrected chi connectivity index (χ0v) is 12.2. The van der Waals surface area contributed by atoms with E-state index in [1.807, 2.05) is 17.5 Å². The SMILES string of the molecule is O=C(NCC1(O)CCC1)Nc1nc(-c2cccnc2)cs1. The third-order valence-corrected chi connectivity index (χ3v) is 4.30. The molecular weight excluding hydrogens is 288 g/mol. The Morgan fingerprint density at radius 2 is 2.33 bits per heavy atom. The van der Waals surface area contributed by atoms with Gasteiger partial charge in [0.05, 0.1) is 11.3 Å². The normalized spacial score (nSPS) is 16.0. The number of amides is 2. The summed E-state index contributed by atoms with van der Waals surface area (Å²) in [5, 5.41) is 17.7. The number of nitrogens with one attached hydrogen (secondary N) is 2. The molecule has 2 amide bonds. The maximum atomic E-state index is 11.8. The fourth-order valence-corrected chi connectivity index (χ4v) is 2.84. The fourth-order valence-electron chi connectivity index (χ4n) is 2.13. The Morgan fingerprint density at radius 3 is 3.00 bits per heavy atom. The van der Waals surface area contributed by atoms with Crippen LogP contribution in [0.5, 0.6) is 0 Å². The molecule has 2 aromatic heterocycles. The number of thiazole rings is 1. The van der Waals surface area contributed by atoms with E-state index in [9.17, 15) is 9.90 Å². The first-order chi connectivity index (χ1) is 10.1. The Labute approximate surface area is 126 Å². The summed E-state index contributed by atoms with van der Waals surface area (Å²) in [5.41, 5.74) is 0.966. The maximum absolute atomic E-state index is 11.8. The molecular formula is C14H16N4O2S. The van der Waals surface area contributed by atoms with Crippen LogP contribution >= 0.6 is 11.3 Å². The van der Waals surface area contributed by atoms with Gasteiger partial charge in [-0.25, -0.2) is 9.78 Å². The molecule has 1 saturated carbocycles. The molecule has 0 saturated heterocycles. The fraction of sp³-hybridized carbons (Fsp3) is 0.357. The lowest BCUT2D eigenvalue weighted by atomic mass is 9.80. The van der Waals surface area contributed by atoms with Crippen molar-refractivity contribution in [3.63, 3.8) is 0 Å². The molecule has 2 heterocycles. The minimum Gasteiger partial charge on any atom is -0.388 e. The molecule has 1 aliphatic carbocycles. The van der Waals surface area contributed by atoms with E-state index in [1.165, 1.54) is 11.3 Å². The summed E-state index contributed by atoms with van der Waals surface area (Å²) in [6.45, 7) is 0.277. The zero-order chi connectivity index (χ0) is 14.7. The molecule has 6 nitrogen and oxygen atoms in total. The third kappa shape index (κ3) is 3.37. The number of aromatic nitrogens is 2. The highest BCUT2D eigenvalue weighted by molar-refractivity contribution is 7.14. The van der Waals surface area contributed by atoms with E-state index in [1.54, 1.807) is 12.4 Å². The van der Waals surface area contributed by atoms with E-state index in [0.29, 0.717) is 5.13 Å². The predicted octanol–water partition coefficient (Wildman–Crippen LogP) is 2.24. The molecule has 1 fully saturated rings. The number of nitrogens with zero attached hydrogens (tertiary/aromatic N) is 2. The van der Waals surface area contributed by atoms with Crippen molar-refractivity contribution in [2.45, 2.75) is 24.9 Å². The number of rotatable bonds is 4. The number of urea groups is 1. The first-order valence-electron chi connectivity index (χ1n) is 6.78. The van der Waals surface area contributed by atoms with Gasteiger partial charge in [-0.1, -0.05) is 0 Å². The highest BCUT2D eigenvalue weighted by atomic mass is 32.1. The van der Waals surface area contributed by atoms with Crippen molar-refractivity contribution >= 4 is 22.5 Å². The van der Waals surface area contributed by atoms with Crippen LogP contribution in [-0.2, 0) is 0 Å². The molecule has 0 radical (unpaired) electrons. The minimum absolute atomic E-state index is 0.277. The van der Waals surface area contributed by atoms with Crippen LogP contribution in [-0.4, -0.2) is 33.3 Å². The summed E-state index contributed by atoms with van der Waals surface area (Å²) in [4.78, 5) is 20.1. The van der Waals surface area contributed by atoms with Crippen molar-refractivity contribution in [3.05, 3.63) is 29.9 Å². The number of carbonyl (C=O) groups is 1. The summed E-state index contributed by atoms with van der Waals surface area (Å²) >= 11 is 1.35. The number of hydrogen-bond acceptors (Lipinski definition) is 5. The van der Waals surface area contributed by atoms with Crippen LogP contribution < -0.4 is 10.6 Å². The molecule has 21 heavy (non-hydrogen) atoms. The number of aliphatic hydroxyl groups is 1. The van der Waals surface area contributed by atoms with Gasteiger partial charge < -0.3 is 10.4 Å². The van der Waals surface area contributed by atoms with Crippen LogP contribution in [0.25, 0.3) is 11.3 Å². The van der Waals surface area contributed by atoms with E-state index in [2.05, 4.69) is 20.6 Å². The Balaban J connectivity index is 1.56. The van der Waals surface area contributed by atoms with Crippen molar-refractivity contribution in [2.24, 2.45) is 0 Å². The lowest BCUT2D eigenvalue weighted by molar-refractivity contribution is -0.0287. The standard InChI is InChI=1S/C14H16N4O2S/c19-12(16-9-14(20)4-2-5-14)18-13-17-11(8-21-13)10-3-1-6-15-7-10/h1,3,6-8,20H,2,4-5,9H2,(H2,16,17,18,19). The van der Waals surface area contributed by atoms with Gasteiger partial charge in [-0.15, -0.1) is 11.3 Å². The third-order valence-electron chi connectivity index (χ3n) is 3.54. The Hall–Kier alpha value is -1.99. The van der Waals surface area contributed by atoms with E-state index in [4.69, 9.17) is 0 Å². The van der Waals surface area contributed by atoms with Crippen molar-refractivity contribution < 1.29 is 9.90 Å². The summed E-state index contributed by atoms with van der Waals surface area (Å²) in [6, 6.07) is 3.41. The molecule has 7 heteroatoms. The molecule has 0 atom stereocenters. The quantitative estimate of drug-likeness (QED) is 0.808. The van der Waals surface area contributed by atoms with Crippen LogP contribution in [0.4, 0.5) is 9.93 Å². The molecule has 0 unspecified atom stereocenters. The first kappa shape index (κ1) is 14.0. The smallest absolute Gasteiger partial charge is 0.321 e. The first-order valence-corrected chi connectivity index (χ1v) is 7.66. The van der Waals surface area contributed by atoms with Crippen molar-refractivity contribution in [1.82, 2.24) is 15.3 Å². The maximum Gasteiger partial charge on any atom is 0.321 e. The van der Waals surface area contributed by atoms with Gasteiger partial charge in [-0.05, 0) is 31.4 Å². The van der Waals surface area contributed by atoms with Gasteiger partial charge in [-0.2, -0.15) is 0 Å². The van der Waals surface area contributed by atoms with Gasteiger partial charge in [0.15, 0.2) is 5.13 Å². The molecule has 110 valence electrons. The number of hydrogen-bond donors (Lipinski definition) is 3. The Kier molecular flexibility index (Phi) is 3.85. The van der Waals surface area contributed by atoms with Crippen LogP contribution in [0.1, 0.15) is 19.3 Å². The van der Waals surface area contributed by atoms with Gasteiger partial charge >= 0.3 is 6.03 Å². The minimum atomic E-state index is -0.721. The Bertz CT molecular complexity index is 625. The lowest BCUT2D eigenvalue weighted by Crippen LogP contribution is -2.48.